The number of carbonyl (C=O) groups is 1. The number of nitrogens with one attached hydrogen (secondary N) is 1. The predicted octanol–water partition coefficient (Wildman–Crippen LogP) is 4.27. The van der Waals surface area contributed by atoms with Gasteiger partial charge in [-0.1, -0.05) is 67.6 Å². The zero-order valence-corrected chi connectivity index (χ0v) is 13.1. The lowest BCUT2D eigenvalue weighted by atomic mass is 9.96. The zero-order chi connectivity index (χ0) is 15.4. The number of carbonyl (C=O) groups excluding carboxylic acids is 1. The lowest BCUT2D eigenvalue weighted by molar-refractivity contribution is -0.122. The molecule has 2 heteroatoms. The third-order valence-corrected chi connectivity index (χ3v) is 4.45. The third kappa shape index (κ3) is 3.12. The fraction of sp³-hybridized carbons (Fsp3) is 0.350. The Labute approximate surface area is 132 Å². The molecule has 0 saturated heterocycles. The van der Waals surface area contributed by atoms with Crippen molar-refractivity contribution in [3.8, 4) is 0 Å². The summed E-state index contributed by atoms with van der Waals surface area (Å²) in [5.74, 6) is 0.367. The minimum atomic E-state index is -0.299. The Kier molecular flexibility index (Phi) is 4.39. The summed E-state index contributed by atoms with van der Waals surface area (Å²) in [7, 11) is 0. The molecule has 0 atom stereocenters. The highest BCUT2D eigenvalue weighted by Crippen LogP contribution is 2.41. The van der Waals surface area contributed by atoms with Crippen LogP contribution in [0.1, 0.15) is 49.8 Å². The molecule has 0 amide bonds. The van der Waals surface area contributed by atoms with Crippen LogP contribution in [0.2, 0.25) is 0 Å². The van der Waals surface area contributed by atoms with Crippen molar-refractivity contribution in [2.45, 2.75) is 44.2 Å². The number of hydrogen-bond acceptors (Lipinski definition) is 2. The first-order valence-corrected chi connectivity index (χ1v) is 8.16. The first-order valence-electron chi connectivity index (χ1n) is 8.16. The number of Topliss-reactive ketones (excluding diaryl/α,β-unsaturated/α-hetero) is 1. The Morgan fingerprint density at radius 2 is 1.50 bits per heavy atom. The van der Waals surface area contributed by atoms with E-state index in [1.165, 1.54) is 11.1 Å². The van der Waals surface area contributed by atoms with Gasteiger partial charge in [0.05, 0.1) is 11.6 Å². The molecule has 3 rings (SSSR count). The fourth-order valence-corrected chi connectivity index (χ4v) is 3.02. The molecule has 1 fully saturated rings. The summed E-state index contributed by atoms with van der Waals surface area (Å²) in [5.41, 5.74) is 2.13. The largest absolute Gasteiger partial charge is 0.298 e. The molecular formula is C20H23NO. The van der Waals surface area contributed by atoms with Crippen LogP contribution in [0.15, 0.2) is 60.7 Å². The number of benzene rings is 2. The molecule has 0 spiro atoms. The maximum atomic E-state index is 12.5. The van der Waals surface area contributed by atoms with Gasteiger partial charge in [-0.25, -0.2) is 0 Å². The molecule has 0 unspecified atom stereocenters. The van der Waals surface area contributed by atoms with Crippen LogP contribution in [-0.2, 0) is 4.79 Å². The maximum Gasteiger partial charge on any atom is 0.152 e. The summed E-state index contributed by atoms with van der Waals surface area (Å²) in [4.78, 5) is 12.5. The van der Waals surface area contributed by atoms with Crippen molar-refractivity contribution in [1.29, 1.82) is 0 Å². The summed E-state index contributed by atoms with van der Waals surface area (Å²) < 4.78 is 0. The third-order valence-electron chi connectivity index (χ3n) is 4.45. The second-order valence-electron chi connectivity index (χ2n) is 6.15. The quantitative estimate of drug-likeness (QED) is 0.826. The van der Waals surface area contributed by atoms with Crippen molar-refractivity contribution < 1.29 is 4.79 Å². The van der Waals surface area contributed by atoms with Gasteiger partial charge in [0.2, 0.25) is 0 Å². The van der Waals surface area contributed by atoms with Gasteiger partial charge in [-0.05, 0) is 30.4 Å². The van der Waals surface area contributed by atoms with Gasteiger partial charge in [-0.2, -0.15) is 0 Å². The summed E-state index contributed by atoms with van der Waals surface area (Å²) in [6, 6.07) is 20.9. The molecule has 1 N–H and O–H groups in total. The van der Waals surface area contributed by atoms with Gasteiger partial charge in [-0.3, -0.25) is 10.1 Å². The van der Waals surface area contributed by atoms with Crippen molar-refractivity contribution in [2.75, 3.05) is 0 Å². The Morgan fingerprint density at radius 1 is 1.00 bits per heavy atom. The van der Waals surface area contributed by atoms with Gasteiger partial charge in [0.25, 0.3) is 0 Å². The molecule has 2 aromatic carbocycles. The van der Waals surface area contributed by atoms with Crippen LogP contribution in [0.25, 0.3) is 0 Å². The first kappa shape index (κ1) is 15.0. The minimum Gasteiger partial charge on any atom is -0.298 e. The van der Waals surface area contributed by atoms with Gasteiger partial charge < -0.3 is 0 Å². The first-order chi connectivity index (χ1) is 10.7. The van der Waals surface area contributed by atoms with Gasteiger partial charge >= 0.3 is 0 Å². The van der Waals surface area contributed by atoms with Gasteiger partial charge in [0, 0.05) is 6.42 Å². The Balaban J connectivity index is 1.89. The van der Waals surface area contributed by atoms with Crippen molar-refractivity contribution in [3.63, 3.8) is 0 Å². The van der Waals surface area contributed by atoms with E-state index in [0.717, 1.165) is 19.3 Å². The van der Waals surface area contributed by atoms with Crippen molar-refractivity contribution in [2.24, 2.45) is 0 Å². The average molecular weight is 293 g/mol. The minimum absolute atomic E-state index is 0.0747. The second-order valence-corrected chi connectivity index (χ2v) is 6.15. The van der Waals surface area contributed by atoms with E-state index >= 15 is 0 Å². The maximum absolute atomic E-state index is 12.5. The molecule has 114 valence electrons. The molecule has 2 aromatic rings. The Hall–Kier alpha value is -1.93. The van der Waals surface area contributed by atoms with E-state index in [9.17, 15) is 4.79 Å². The van der Waals surface area contributed by atoms with Crippen LogP contribution in [-0.4, -0.2) is 11.3 Å². The molecule has 1 aliphatic rings. The van der Waals surface area contributed by atoms with Crippen LogP contribution in [0, 0.1) is 0 Å². The molecule has 0 radical (unpaired) electrons. The monoisotopic (exact) mass is 293 g/mol. The van der Waals surface area contributed by atoms with Crippen LogP contribution in [0.3, 0.4) is 0 Å². The summed E-state index contributed by atoms with van der Waals surface area (Å²) >= 11 is 0. The van der Waals surface area contributed by atoms with E-state index in [4.69, 9.17) is 0 Å². The van der Waals surface area contributed by atoms with Crippen LogP contribution in [0.5, 0.6) is 0 Å². The summed E-state index contributed by atoms with van der Waals surface area (Å²) in [5, 5.41) is 3.67. The van der Waals surface area contributed by atoms with E-state index < -0.39 is 0 Å². The van der Waals surface area contributed by atoms with E-state index in [2.05, 4.69) is 60.8 Å². The Bertz CT molecular complexity index is 577. The van der Waals surface area contributed by atoms with Crippen LogP contribution >= 0.6 is 0 Å². The molecule has 0 heterocycles. The second kappa shape index (κ2) is 6.45. The van der Waals surface area contributed by atoms with Crippen LogP contribution in [0.4, 0.5) is 0 Å². The molecule has 2 nitrogen and oxygen atoms in total. The molecule has 0 aromatic heterocycles. The highest BCUT2D eigenvalue weighted by molar-refractivity contribution is 5.91. The zero-order valence-electron chi connectivity index (χ0n) is 13.1. The summed E-state index contributed by atoms with van der Waals surface area (Å²) in [6.07, 6.45) is 3.51. The van der Waals surface area contributed by atoms with Crippen molar-refractivity contribution >= 4 is 5.78 Å². The van der Waals surface area contributed by atoms with E-state index in [1.54, 1.807) is 0 Å². The fourth-order valence-electron chi connectivity index (χ4n) is 3.02. The average Bonchev–Trinajstić information content (AvgIpc) is 3.36. The standard InChI is InChI=1S/C20H23NO/c1-2-9-18(22)20(14-15-20)21-19(16-10-5-3-6-11-16)17-12-7-4-8-13-17/h3-8,10-13,19,21H,2,9,14-15H2,1H3. The molecule has 1 aliphatic carbocycles. The lowest BCUT2D eigenvalue weighted by Crippen LogP contribution is -2.42. The van der Waals surface area contributed by atoms with Gasteiger partial charge in [0.15, 0.2) is 5.78 Å². The highest BCUT2D eigenvalue weighted by atomic mass is 16.1. The van der Waals surface area contributed by atoms with E-state index in [-0.39, 0.29) is 11.6 Å². The lowest BCUT2D eigenvalue weighted by Gasteiger charge is -2.26. The smallest absolute Gasteiger partial charge is 0.152 e. The van der Waals surface area contributed by atoms with Crippen molar-refractivity contribution in [1.82, 2.24) is 5.32 Å². The summed E-state index contributed by atoms with van der Waals surface area (Å²) in [6.45, 7) is 2.07. The van der Waals surface area contributed by atoms with E-state index in [0.29, 0.717) is 12.2 Å². The SMILES string of the molecule is CCCC(=O)C1(NC(c2ccccc2)c2ccccc2)CC1. The van der Waals surface area contributed by atoms with Gasteiger partial charge in [-0.15, -0.1) is 0 Å². The molecule has 22 heavy (non-hydrogen) atoms. The molecule has 1 saturated carbocycles. The van der Waals surface area contributed by atoms with E-state index in [1.807, 2.05) is 12.1 Å². The number of ketones is 1. The van der Waals surface area contributed by atoms with Crippen LogP contribution < -0.4 is 5.32 Å². The molecule has 0 bridgehead atoms. The molecule has 0 aliphatic heterocycles. The highest BCUT2D eigenvalue weighted by Gasteiger charge is 2.49. The van der Waals surface area contributed by atoms with Crippen molar-refractivity contribution in [3.05, 3.63) is 71.8 Å². The number of rotatable bonds is 7. The number of hydrogen-bond donors (Lipinski definition) is 1. The van der Waals surface area contributed by atoms with Gasteiger partial charge in [0.1, 0.15) is 0 Å². The topological polar surface area (TPSA) is 29.1 Å². The molecular weight excluding hydrogens is 270 g/mol. The Morgan fingerprint density at radius 3 is 1.91 bits per heavy atom. The normalized spacial score (nSPS) is 15.7. The predicted molar refractivity (Wildman–Crippen MR) is 89.7 cm³/mol.